The summed E-state index contributed by atoms with van der Waals surface area (Å²) in [4.78, 5) is 38.5. The van der Waals surface area contributed by atoms with Crippen molar-refractivity contribution in [3.63, 3.8) is 0 Å². The highest BCUT2D eigenvalue weighted by atomic mass is 16.6. The van der Waals surface area contributed by atoms with Gasteiger partial charge in [0.2, 0.25) is 0 Å². The van der Waals surface area contributed by atoms with Crippen LogP contribution in [-0.2, 0) is 4.79 Å². The Hall–Kier alpha value is -3.23. The van der Waals surface area contributed by atoms with E-state index in [1.54, 1.807) is 20.0 Å². The topological polar surface area (TPSA) is 127 Å². The van der Waals surface area contributed by atoms with Crippen molar-refractivity contribution in [1.82, 2.24) is 14.9 Å². The molecule has 0 saturated carbocycles. The van der Waals surface area contributed by atoms with Crippen LogP contribution in [0.5, 0.6) is 0 Å². The summed E-state index contributed by atoms with van der Waals surface area (Å²) in [7, 11) is 0. The van der Waals surface area contributed by atoms with Crippen LogP contribution in [0.4, 0.5) is 5.69 Å². The molecule has 9 nitrogen and oxygen atoms in total. The predicted molar refractivity (Wildman–Crippen MR) is 93.2 cm³/mol. The lowest BCUT2D eigenvalue weighted by atomic mass is 9.82. The number of hydrogen-bond acceptors (Lipinski definition) is 5. The van der Waals surface area contributed by atoms with Crippen molar-refractivity contribution in [3.8, 4) is 5.69 Å². The minimum atomic E-state index is -1.06. The molecule has 0 aliphatic heterocycles. The van der Waals surface area contributed by atoms with E-state index in [0.29, 0.717) is 12.8 Å². The lowest BCUT2D eigenvalue weighted by Gasteiger charge is -2.26. The summed E-state index contributed by atoms with van der Waals surface area (Å²) in [5.41, 5.74) is -0.928. The molecule has 0 fully saturated rings. The van der Waals surface area contributed by atoms with Gasteiger partial charge in [-0.05, 0) is 25.0 Å². The van der Waals surface area contributed by atoms with Gasteiger partial charge in [0.15, 0.2) is 0 Å². The zero-order valence-corrected chi connectivity index (χ0v) is 14.5. The second kappa shape index (κ2) is 7.77. The first-order chi connectivity index (χ1) is 12.3. The van der Waals surface area contributed by atoms with Crippen LogP contribution >= 0.6 is 0 Å². The molecule has 9 heteroatoms. The van der Waals surface area contributed by atoms with Gasteiger partial charge in [-0.3, -0.25) is 19.7 Å². The molecule has 1 aromatic heterocycles. The minimum absolute atomic E-state index is 0.0504. The molecule has 1 heterocycles. The summed E-state index contributed by atoms with van der Waals surface area (Å²) in [6.07, 6.45) is 5.20. The third-order valence-corrected chi connectivity index (χ3v) is 4.61. The summed E-state index contributed by atoms with van der Waals surface area (Å²) < 4.78 is 1.48. The number of benzene rings is 1. The van der Waals surface area contributed by atoms with E-state index in [9.17, 15) is 24.8 Å². The van der Waals surface area contributed by atoms with Gasteiger partial charge in [0, 0.05) is 30.6 Å². The molecule has 0 unspecified atom stereocenters. The molecule has 1 aromatic carbocycles. The van der Waals surface area contributed by atoms with Gasteiger partial charge in [-0.25, -0.2) is 4.98 Å². The Bertz CT molecular complexity index is 813. The maximum atomic E-state index is 12.4. The standard InChI is InChI=1S/C17H20N4O5/c1-3-17(4-2,16(23)24)10-19-15(22)12-5-6-13(14(9-12)21(25)26)20-8-7-18-11-20/h5-9,11H,3-4,10H2,1-2H3,(H,19,22)(H,23,24). The molecule has 0 spiro atoms. The molecule has 26 heavy (non-hydrogen) atoms. The number of hydrogen-bond donors (Lipinski definition) is 2. The predicted octanol–water partition coefficient (Wildman–Crippen LogP) is 2.40. The normalized spacial score (nSPS) is 11.2. The van der Waals surface area contributed by atoms with Gasteiger partial charge < -0.3 is 15.0 Å². The van der Waals surface area contributed by atoms with Crippen LogP contribution in [0.2, 0.25) is 0 Å². The van der Waals surface area contributed by atoms with Gasteiger partial charge >= 0.3 is 5.97 Å². The summed E-state index contributed by atoms with van der Waals surface area (Å²) >= 11 is 0. The lowest BCUT2D eigenvalue weighted by Crippen LogP contribution is -2.42. The van der Waals surface area contributed by atoms with E-state index < -0.39 is 22.2 Å². The maximum Gasteiger partial charge on any atom is 0.311 e. The van der Waals surface area contributed by atoms with Crippen molar-refractivity contribution in [2.75, 3.05) is 6.54 Å². The van der Waals surface area contributed by atoms with Gasteiger partial charge in [-0.15, -0.1) is 0 Å². The number of amides is 1. The number of aliphatic carboxylic acids is 1. The number of carboxylic acid groups (broad SMARTS) is 1. The van der Waals surface area contributed by atoms with Crippen molar-refractivity contribution >= 4 is 17.6 Å². The molecular weight excluding hydrogens is 340 g/mol. The maximum absolute atomic E-state index is 12.4. The molecule has 0 radical (unpaired) electrons. The Morgan fingerprint density at radius 2 is 2.04 bits per heavy atom. The highest BCUT2D eigenvalue weighted by molar-refractivity contribution is 5.95. The monoisotopic (exact) mass is 360 g/mol. The van der Waals surface area contributed by atoms with Crippen molar-refractivity contribution in [2.24, 2.45) is 5.41 Å². The number of carbonyl (C=O) groups is 2. The van der Waals surface area contributed by atoms with Crippen LogP contribution < -0.4 is 5.32 Å². The van der Waals surface area contributed by atoms with Crippen LogP contribution in [0.3, 0.4) is 0 Å². The van der Waals surface area contributed by atoms with Crippen molar-refractivity contribution < 1.29 is 19.6 Å². The van der Waals surface area contributed by atoms with Gasteiger partial charge in [0.1, 0.15) is 5.69 Å². The van der Waals surface area contributed by atoms with Crippen molar-refractivity contribution in [3.05, 3.63) is 52.6 Å². The van der Waals surface area contributed by atoms with E-state index >= 15 is 0 Å². The second-order valence-corrected chi connectivity index (χ2v) is 5.91. The van der Waals surface area contributed by atoms with Crippen LogP contribution in [0.1, 0.15) is 37.0 Å². The molecule has 0 atom stereocenters. The second-order valence-electron chi connectivity index (χ2n) is 5.91. The van der Waals surface area contributed by atoms with Crippen molar-refractivity contribution in [2.45, 2.75) is 26.7 Å². The number of nitrogens with one attached hydrogen (secondary N) is 1. The SMILES string of the molecule is CCC(CC)(CNC(=O)c1ccc(-n2ccnc2)c([N+](=O)[O-])c1)C(=O)O. The first-order valence-electron chi connectivity index (χ1n) is 8.13. The number of nitro groups is 1. The average Bonchev–Trinajstić information content (AvgIpc) is 3.16. The molecule has 2 aromatic rings. The molecule has 0 bridgehead atoms. The van der Waals surface area contributed by atoms with Crippen LogP contribution in [0.25, 0.3) is 5.69 Å². The van der Waals surface area contributed by atoms with E-state index in [2.05, 4.69) is 10.3 Å². The first kappa shape index (κ1) is 19.1. The van der Waals surface area contributed by atoms with Gasteiger partial charge in [0.25, 0.3) is 11.6 Å². The number of rotatable bonds is 8. The molecule has 0 aliphatic rings. The third kappa shape index (κ3) is 3.71. The number of aromatic nitrogens is 2. The molecule has 2 rings (SSSR count). The average molecular weight is 360 g/mol. The highest BCUT2D eigenvalue weighted by Gasteiger charge is 2.35. The van der Waals surface area contributed by atoms with E-state index in [-0.39, 0.29) is 23.5 Å². The molecule has 0 aliphatic carbocycles. The fourth-order valence-corrected chi connectivity index (χ4v) is 2.66. The Kier molecular flexibility index (Phi) is 5.71. The Morgan fingerprint density at radius 3 is 2.54 bits per heavy atom. The quantitative estimate of drug-likeness (QED) is 0.549. The highest BCUT2D eigenvalue weighted by Crippen LogP contribution is 2.27. The lowest BCUT2D eigenvalue weighted by molar-refractivity contribution is -0.384. The minimum Gasteiger partial charge on any atom is -0.481 e. The number of nitro benzene ring substituents is 1. The van der Waals surface area contributed by atoms with Gasteiger partial charge in [-0.1, -0.05) is 13.8 Å². The van der Waals surface area contributed by atoms with Gasteiger partial charge in [0.05, 0.1) is 16.7 Å². The Morgan fingerprint density at radius 1 is 1.35 bits per heavy atom. The zero-order chi connectivity index (χ0) is 19.3. The fourth-order valence-electron chi connectivity index (χ4n) is 2.66. The van der Waals surface area contributed by atoms with Crippen LogP contribution in [0, 0.1) is 15.5 Å². The van der Waals surface area contributed by atoms with Crippen LogP contribution in [0.15, 0.2) is 36.9 Å². The molecule has 1 amide bonds. The number of carboxylic acids is 1. The van der Waals surface area contributed by atoms with Crippen molar-refractivity contribution in [1.29, 1.82) is 0 Å². The van der Waals surface area contributed by atoms with Crippen LogP contribution in [-0.4, -0.2) is 38.0 Å². The van der Waals surface area contributed by atoms with E-state index in [1.807, 2.05) is 0 Å². The largest absolute Gasteiger partial charge is 0.481 e. The Labute approximate surface area is 149 Å². The summed E-state index contributed by atoms with van der Waals surface area (Å²) in [6.45, 7) is 3.44. The summed E-state index contributed by atoms with van der Waals surface area (Å²) in [5, 5.41) is 23.4. The first-order valence-corrected chi connectivity index (χ1v) is 8.13. The summed E-state index contributed by atoms with van der Waals surface area (Å²) in [5.74, 6) is -1.54. The van der Waals surface area contributed by atoms with E-state index in [4.69, 9.17) is 0 Å². The molecular formula is C17H20N4O5. The number of imidazole rings is 1. The molecule has 0 saturated heterocycles. The van der Waals surface area contributed by atoms with Gasteiger partial charge in [-0.2, -0.15) is 0 Å². The zero-order valence-electron chi connectivity index (χ0n) is 14.5. The summed E-state index contributed by atoms with van der Waals surface area (Å²) in [6, 6.07) is 4.09. The Balaban J connectivity index is 2.26. The third-order valence-electron chi connectivity index (χ3n) is 4.61. The smallest absolute Gasteiger partial charge is 0.311 e. The number of carbonyl (C=O) groups excluding carboxylic acids is 1. The molecule has 138 valence electrons. The van der Waals surface area contributed by atoms with E-state index in [1.165, 1.54) is 35.3 Å². The van der Waals surface area contributed by atoms with E-state index in [0.717, 1.165) is 0 Å². The molecule has 2 N–H and O–H groups in total. The number of nitrogens with zero attached hydrogens (tertiary/aromatic N) is 3. The fraction of sp³-hybridized carbons (Fsp3) is 0.353.